The Hall–Kier alpha value is -2.93. The molecule has 33 heavy (non-hydrogen) atoms. The highest BCUT2D eigenvalue weighted by atomic mass is 16.2. The van der Waals surface area contributed by atoms with Crippen molar-refractivity contribution in [3.8, 4) is 0 Å². The Kier molecular flexibility index (Phi) is 6.98. The first kappa shape index (κ1) is 23.2. The van der Waals surface area contributed by atoms with E-state index in [0.29, 0.717) is 5.92 Å². The Bertz CT molecular complexity index is 976. The molecular formula is C26H35N5O2. The van der Waals surface area contributed by atoms with Gasteiger partial charge in [0.25, 0.3) is 0 Å². The summed E-state index contributed by atoms with van der Waals surface area (Å²) < 4.78 is 0. The molecule has 2 fully saturated rings. The van der Waals surface area contributed by atoms with Crippen LogP contribution in [0.5, 0.6) is 0 Å². The van der Waals surface area contributed by atoms with Crippen LogP contribution >= 0.6 is 0 Å². The van der Waals surface area contributed by atoms with Crippen molar-refractivity contribution in [1.29, 1.82) is 0 Å². The quantitative estimate of drug-likeness (QED) is 0.734. The fraction of sp³-hybridized carbons (Fsp3) is 0.500. The van der Waals surface area contributed by atoms with Crippen LogP contribution in [0.15, 0.2) is 42.6 Å². The zero-order valence-corrected chi connectivity index (χ0v) is 20.1. The first-order chi connectivity index (χ1) is 15.8. The van der Waals surface area contributed by atoms with Gasteiger partial charge in [0, 0.05) is 38.1 Å². The molecule has 2 saturated heterocycles. The van der Waals surface area contributed by atoms with Crippen LogP contribution in [0.3, 0.4) is 0 Å². The summed E-state index contributed by atoms with van der Waals surface area (Å²) in [7, 11) is 3.89. The summed E-state index contributed by atoms with van der Waals surface area (Å²) in [6, 6.07) is 12.1. The van der Waals surface area contributed by atoms with Gasteiger partial charge >= 0.3 is 0 Å². The number of aromatic nitrogens is 1. The number of nitrogens with zero attached hydrogens (tertiary/aromatic N) is 4. The molecule has 7 heteroatoms. The zero-order chi connectivity index (χ0) is 23.5. The van der Waals surface area contributed by atoms with Gasteiger partial charge in [0.05, 0.1) is 23.3 Å². The Morgan fingerprint density at radius 2 is 1.76 bits per heavy atom. The molecule has 2 aliphatic rings. The number of carbonyl (C=O) groups is 2. The number of rotatable bonds is 6. The van der Waals surface area contributed by atoms with Crippen LogP contribution in [0.25, 0.3) is 0 Å². The van der Waals surface area contributed by atoms with Crippen molar-refractivity contribution in [2.24, 2.45) is 5.92 Å². The molecule has 3 heterocycles. The number of likely N-dealkylation sites (N-methyl/N-ethyl adjacent to an activating group) is 1. The number of likely N-dealkylation sites (tertiary alicyclic amines) is 1. The topological polar surface area (TPSA) is 68.8 Å². The summed E-state index contributed by atoms with van der Waals surface area (Å²) in [4.78, 5) is 35.7. The molecule has 0 saturated carbocycles. The lowest BCUT2D eigenvalue weighted by Crippen LogP contribution is -2.52. The van der Waals surface area contributed by atoms with E-state index in [1.54, 1.807) is 6.20 Å². The van der Waals surface area contributed by atoms with E-state index in [1.807, 2.05) is 55.9 Å². The molecular weight excluding hydrogens is 414 g/mol. The Morgan fingerprint density at radius 3 is 2.36 bits per heavy atom. The van der Waals surface area contributed by atoms with Gasteiger partial charge in [0.15, 0.2) is 0 Å². The first-order valence-electron chi connectivity index (χ1n) is 11.9. The number of carbonyl (C=O) groups excluding carboxylic acids is 2. The van der Waals surface area contributed by atoms with E-state index < -0.39 is 0 Å². The van der Waals surface area contributed by atoms with Gasteiger partial charge in [-0.1, -0.05) is 12.1 Å². The molecule has 1 N–H and O–H groups in total. The van der Waals surface area contributed by atoms with Crippen molar-refractivity contribution in [2.45, 2.75) is 38.6 Å². The van der Waals surface area contributed by atoms with E-state index in [2.05, 4.69) is 33.4 Å². The van der Waals surface area contributed by atoms with Gasteiger partial charge in [0.1, 0.15) is 0 Å². The number of pyridine rings is 1. The molecule has 1 aromatic carbocycles. The van der Waals surface area contributed by atoms with Crippen LogP contribution in [0, 0.1) is 12.8 Å². The van der Waals surface area contributed by atoms with Gasteiger partial charge in [-0.25, -0.2) is 0 Å². The van der Waals surface area contributed by atoms with Crippen molar-refractivity contribution in [2.75, 3.05) is 50.5 Å². The van der Waals surface area contributed by atoms with Crippen LogP contribution in [-0.2, 0) is 9.59 Å². The molecule has 0 aliphatic carbocycles. The molecule has 0 unspecified atom stereocenters. The van der Waals surface area contributed by atoms with Crippen LogP contribution in [0.4, 0.5) is 11.4 Å². The smallest absolute Gasteiger partial charge is 0.239 e. The van der Waals surface area contributed by atoms with E-state index in [9.17, 15) is 9.59 Å². The average molecular weight is 450 g/mol. The van der Waals surface area contributed by atoms with E-state index in [4.69, 9.17) is 0 Å². The lowest BCUT2D eigenvalue weighted by molar-refractivity contribution is -0.136. The zero-order valence-electron chi connectivity index (χ0n) is 20.1. The maximum Gasteiger partial charge on any atom is 0.239 e. The lowest BCUT2D eigenvalue weighted by atomic mass is 9.89. The van der Waals surface area contributed by atoms with Gasteiger partial charge in [-0.05, 0) is 76.5 Å². The van der Waals surface area contributed by atoms with Gasteiger partial charge in [-0.3, -0.25) is 19.5 Å². The predicted molar refractivity (Wildman–Crippen MR) is 131 cm³/mol. The van der Waals surface area contributed by atoms with Crippen LogP contribution in [0.2, 0.25) is 0 Å². The minimum absolute atomic E-state index is 0.00398. The molecule has 0 bridgehead atoms. The number of piperidine rings is 1. The number of amides is 2. The number of benzene rings is 1. The predicted octanol–water partition coefficient (Wildman–Crippen LogP) is 3.12. The van der Waals surface area contributed by atoms with E-state index in [1.165, 1.54) is 5.56 Å². The fourth-order valence-electron chi connectivity index (χ4n) is 4.65. The molecule has 1 aromatic heterocycles. The normalized spacial score (nSPS) is 18.2. The Morgan fingerprint density at radius 1 is 1.09 bits per heavy atom. The first-order valence-corrected chi connectivity index (χ1v) is 11.9. The number of hydrogen-bond acceptors (Lipinski definition) is 5. The Labute approximate surface area is 196 Å². The van der Waals surface area contributed by atoms with Crippen LogP contribution < -0.4 is 10.2 Å². The third-order valence-corrected chi connectivity index (χ3v) is 7.16. The number of hydrogen-bond donors (Lipinski definition) is 1. The second-order valence-corrected chi connectivity index (χ2v) is 9.56. The number of aryl methyl sites for hydroxylation is 1. The maximum absolute atomic E-state index is 12.7. The highest BCUT2D eigenvalue weighted by Crippen LogP contribution is 2.30. The molecule has 2 aliphatic heterocycles. The highest BCUT2D eigenvalue weighted by Gasteiger charge is 2.33. The molecule has 0 spiro atoms. The molecule has 4 rings (SSSR count). The minimum Gasteiger partial charge on any atom is -0.368 e. The summed E-state index contributed by atoms with van der Waals surface area (Å²) in [6.45, 7) is 7.00. The summed E-state index contributed by atoms with van der Waals surface area (Å²) in [5.41, 5.74) is 4.22. The van der Waals surface area contributed by atoms with Gasteiger partial charge < -0.3 is 15.1 Å². The molecule has 2 aromatic rings. The van der Waals surface area contributed by atoms with Gasteiger partial charge in [0.2, 0.25) is 11.8 Å². The standard InChI is InChI=1S/C26H35N5O2/c1-18-24(6-5-13-27-18)31-16-22(17-31)25(32)28-23-9-7-20(8-10-23)21-11-14-30(15-12-21)26(33)19(2)29(3)4/h5-10,13,19,21-22H,11-12,14-17H2,1-4H3,(H,28,32)/t19-/m0/s1. The lowest BCUT2D eigenvalue weighted by Gasteiger charge is -2.40. The third kappa shape index (κ3) is 5.19. The van der Waals surface area contributed by atoms with Crippen molar-refractivity contribution in [3.63, 3.8) is 0 Å². The van der Waals surface area contributed by atoms with Crippen molar-refractivity contribution in [3.05, 3.63) is 53.9 Å². The largest absolute Gasteiger partial charge is 0.368 e. The van der Waals surface area contributed by atoms with Gasteiger partial charge in [-0.15, -0.1) is 0 Å². The molecule has 2 amide bonds. The minimum atomic E-state index is -0.0828. The highest BCUT2D eigenvalue weighted by molar-refractivity contribution is 5.94. The Balaban J connectivity index is 1.25. The summed E-state index contributed by atoms with van der Waals surface area (Å²) in [5, 5.41) is 3.07. The molecule has 1 atom stereocenters. The van der Waals surface area contributed by atoms with E-state index in [-0.39, 0.29) is 23.8 Å². The second kappa shape index (κ2) is 9.91. The van der Waals surface area contributed by atoms with Crippen molar-refractivity contribution in [1.82, 2.24) is 14.8 Å². The van der Waals surface area contributed by atoms with Gasteiger partial charge in [-0.2, -0.15) is 0 Å². The van der Waals surface area contributed by atoms with Crippen LogP contribution in [0.1, 0.15) is 36.9 Å². The monoisotopic (exact) mass is 449 g/mol. The second-order valence-electron chi connectivity index (χ2n) is 9.56. The maximum atomic E-state index is 12.7. The average Bonchev–Trinajstić information content (AvgIpc) is 2.79. The van der Waals surface area contributed by atoms with Crippen LogP contribution in [-0.4, -0.2) is 72.9 Å². The third-order valence-electron chi connectivity index (χ3n) is 7.16. The summed E-state index contributed by atoms with van der Waals surface area (Å²) in [6.07, 6.45) is 3.74. The fourth-order valence-corrected chi connectivity index (χ4v) is 4.65. The number of anilines is 2. The van der Waals surface area contributed by atoms with Crippen molar-refractivity contribution >= 4 is 23.2 Å². The molecule has 7 nitrogen and oxygen atoms in total. The SMILES string of the molecule is Cc1ncccc1N1CC(C(=O)Nc2ccc(C3CCN(C(=O)[C@H](C)N(C)C)CC3)cc2)C1. The summed E-state index contributed by atoms with van der Waals surface area (Å²) in [5.74, 6) is 0.735. The summed E-state index contributed by atoms with van der Waals surface area (Å²) >= 11 is 0. The molecule has 176 valence electrons. The van der Waals surface area contributed by atoms with E-state index in [0.717, 1.165) is 56.1 Å². The van der Waals surface area contributed by atoms with Crippen molar-refractivity contribution < 1.29 is 9.59 Å². The molecule has 0 radical (unpaired) electrons. The number of nitrogens with one attached hydrogen (secondary N) is 1. The van der Waals surface area contributed by atoms with E-state index >= 15 is 0 Å².